The molecule has 106 valence electrons. The predicted octanol–water partition coefficient (Wildman–Crippen LogP) is 1.48. The second-order valence-corrected chi connectivity index (χ2v) is 4.32. The lowest BCUT2D eigenvalue weighted by Crippen LogP contribution is -2.44. The van der Waals surface area contributed by atoms with E-state index in [0.717, 1.165) is 4.90 Å². The maximum absolute atomic E-state index is 12.3. The molecule has 0 bridgehead atoms. The molecule has 0 N–H and O–H groups in total. The second kappa shape index (κ2) is 7.45. The Labute approximate surface area is 109 Å². The Morgan fingerprint density at radius 1 is 1.17 bits per heavy atom. The Balaban J connectivity index is 4.61. The zero-order chi connectivity index (χ0) is 14.3. The normalized spacial score (nSPS) is 11.2. The summed E-state index contributed by atoms with van der Waals surface area (Å²) in [6, 6.07) is 0. The summed E-state index contributed by atoms with van der Waals surface area (Å²) in [6.07, 6.45) is -4.34. The van der Waals surface area contributed by atoms with Gasteiger partial charge in [-0.15, -0.1) is 11.6 Å². The molecule has 18 heavy (non-hydrogen) atoms. The van der Waals surface area contributed by atoms with Crippen LogP contribution in [0.25, 0.3) is 0 Å². The van der Waals surface area contributed by atoms with Gasteiger partial charge in [0.25, 0.3) is 0 Å². The first kappa shape index (κ1) is 17.0. The second-order valence-electron chi connectivity index (χ2n) is 3.95. The number of alkyl halides is 4. The summed E-state index contributed by atoms with van der Waals surface area (Å²) in [6.45, 7) is -2.00. The molecule has 0 saturated heterocycles. The Hall–Kier alpha value is -0.980. The first-order valence-corrected chi connectivity index (χ1v) is 5.81. The van der Waals surface area contributed by atoms with Crippen molar-refractivity contribution in [3.63, 3.8) is 0 Å². The number of amides is 2. The van der Waals surface area contributed by atoms with Crippen molar-refractivity contribution >= 4 is 23.4 Å². The molecule has 0 saturated carbocycles. The standard InChI is InChI=1S/C10H16ClF3N2O2/c1-15(2)9(18)6-16(7-10(12,13)14)8(17)4-3-5-11/h3-7H2,1-2H3. The molecule has 4 nitrogen and oxygen atoms in total. The third kappa shape index (κ3) is 7.37. The zero-order valence-electron chi connectivity index (χ0n) is 10.3. The van der Waals surface area contributed by atoms with Crippen LogP contribution in [0.3, 0.4) is 0 Å². The van der Waals surface area contributed by atoms with Crippen molar-refractivity contribution in [3.05, 3.63) is 0 Å². The van der Waals surface area contributed by atoms with E-state index < -0.39 is 31.1 Å². The first-order valence-electron chi connectivity index (χ1n) is 5.28. The molecule has 0 aliphatic carbocycles. The average molecular weight is 289 g/mol. The van der Waals surface area contributed by atoms with Crippen LogP contribution < -0.4 is 0 Å². The molecule has 0 fully saturated rings. The highest BCUT2D eigenvalue weighted by atomic mass is 35.5. The van der Waals surface area contributed by atoms with E-state index in [1.807, 2.05) is 0 Å². The summed E-state index contributed by atoms with van der Waals surface area (Å²) in [4.78, 5) is 24.5. The van der Waals surface area contributed by atoms with Gasteiger partial charge in [0.15, 0.2) is 0 Å². The third-order valence-corrected chi connectivity index (χ3v) is 2.34. The largest absolute Gasteiger partial charge is 0.406 e. The molecule has 0 aliphatic rings. The number of rotatable bonds is 6. The molecule has 0 rings (SSSR count). The summed E-state index contributed by atoms with van der Waals surface area (Å²) >= 11 is 5.37. The van der Waals surface area contributed by atoms with Crippen LogP contribution in [0.2, 0.25) is 0 Å². The molecule has 2 amide bonds. The lowest BCUT2D eigenvalue weighted by molar-refractivity contribution is -0.164. The minimum atomic E-state index is -4.52. The first-order chi connectivity index (χ1) is 8.17. The van der Waals surface area contributed by atoms with Crippen LogP contribution in [0, 0.1) is 0 Å². The van der Waals surface area contributed by atoms with Gasteiger partial charge < -0.3 is 9.80 Å². The van der Waals surface area contributed by atoms with Gasteiger partial charge in [0.05, 0.1) is 0 Å². The van der Waals surface area contributed by atoms with Gasteiger partial charge in [-0.05, 0) is 6.42 Å². The quantitative estimate of drug-likeness (QED) is 0.695. The fourth-order valence-electron chi connectivity index (χ4n) is 1.13. The van der Waals surface area contributed by atoms with E-state index in [0.29, 0.717) is 4.90 Å². The number of nitrogens with zero attached hydrogens (tertiary/aromatic N) is 2. The van der Waals surface area contributed by atoms with Gasteiger partial charge in [-0.3, -0.25) is 9.59 Å². The fraction of sp³-hybridized carbons (Fsp3) is 0.800. The number of hydrogen-bond acceptors (Lipinski definition) is 2. The van der Waals surface area contributed by atoms with E-state index in [1.165, 1.54) is 14.1 Å². The van der Waals surface area contributed by atoms with Crippen LogP contribution in [0.4, 0.5) is 13.2 Å². The van der Waals surface area contributed by atoms with E-state index in [2.05, 4.69) is 0 Å². The van der Waals surface area contributed by atoms with Gasteiger partial charge in [0.1, 0.15) is 13.1 Å². The summed E-state index contributed by atoms with van der Waals surface area (Å²) in [7, 11) is 2.83. The number of halogens is 4. The lowest BCUT2D eigenvalue weighted by atomic mass is 10.3. The topological polar surface area (TPSA) is 40.6 Å². The summed E-state index contributed by atoms with van der Waals surface area (Å²) in [5.41, 5.74) is 0. The van der Waals surface area contributed by atoms with Crippen LogP contribution >= 0.6 is 11.6 Å². The van der Waals surface area contributed by atoms with Crippen LogP contribution in [-0.2, 0) is 9.59 Å². The Morgan fingerprint density at radius 2 is 1.72 bits per heavy atom. The van der Waals surface area contributed by atoms with E-state index >= 15 is 0 Å². The lowest BCUT2D eigenvalue weighted by Gasteiger charge is -2.24. The van der Waals surface area contributed by atoms with Crippen molar-refractivity contribution in [1.29, 1.82) is 0 Å². The molecule has 0 aromatic rings. The van der Waals surface area contributed by atoms with Gasteiger partial charge >= 0.3 is 6.18 Å². The maximum atomic E-state index is 12.3. The van der Waals surface area contributed by atoms with E-state index in [-0.39, 0.29) is 18.7 Å². The van der Waals surface area contributed by atoms with Crippen molar-refractivity contribution in [1.82, 2.24) is 9.80 Å². The number of carbonyl (C=O) groups is 2. The van der Waals surface area contributed by atoms with Crippen molar-refractivity contribution in [2.75, 3.05) is 33.1 Å². The van der Waals surface area contributed by atoms with Crippen LogP contribution in [0.5, 0.6) is 0 Å². The molecular weight excluding hydrogens is 273 g/mol. The van der Waals surface area contributed by atoms with E-state index in [1.54, 1.807) is 0 Å². The number of hydrogen-bond donors (Lipinski definition) is 0. The molecular formula is C10H16ClF3N2O2. The summed E-state index contributed by atoms with van der Waals surface area (Å²) < 4.78 is 36.9. The average Bonchev–Trinajstić information content (AvgIpc) is 2.22. The third-order valence-electron chi connectivity index (χ3n) is 2.07. The molecule has 0 aliphatic heterocycles. The SMILES string of the molecule is CN(C)C(=O)CN(CC(F)(F)F)C(=O)CCCCl. The monoisotopic (exact) mass is 288 g/mol. The van der Waals surface area contributed by atoms with Crippen LogP contribution in [0.1, 0.15) is 12.8 Å². The van der Waals surface area contributed by atoms with Crippen molar-refractivity contribution in [3.8, 4) is 0 Å². The molecule has 0 aromatic heterocycles. The van der Waals surface area contributed by atoms with E-state index in [9.17, 15) is 22.8 Å². The highest BCUT2D eigenvalue weighted by molar-refractivity contribution is 6.17. The predicted molar refractivity (Wildman–Crippen MR) is 61.3 cm³/mol. The molecule has 0 heterocycles. The maximum Gasteiger partial charge on any atom is 0.406 e. The molecule has 0 spiro atoms. The smallest absolute Gasteiger partial charge is 0.347 e. The highest BCUT2D eigenvalue weighted by Gasteiger charge is 2.33. The molecule has 0 radical (unpaired) electrons. The van der Waals surface area contributed by atoms with Gasteiger partial charge in [-0.25, -0.2) is 0 Å². The fourth-order valence-corrected chi connectivity index (χ4v) is 1.26. The summed E-state index contributed by atoms with van der Waals surface area (Å²) in [5, 5.41) is 0. The molecule has 8 heteroatoms. The van der Waals surface area contributed by atoms with Gasteiger partial charge in [-0.2, -0.15) is 13.2 Å². The molecule has 0 atom stereocenters. The van der Waals surface area contributed by atoms with Gasteiger partial charge in [0, 0.05) is 26.4 Å². The van der Waals surface area contributed by atoms with Gasteiger partial charge in [-0.1, -0.05) is 0 Å². The Morgan fingerprint density at radius 3 is 2.11 bits per heavy atom. The molecule has 0 aromatic carbocycles. The summed E-state index contributed by atoms with van der Waals surface area (Å²) in [5.74, 6) is -1.09. The van der Waals surface area contributed by atoms with Crippen LogP contribution in [0.15, 0.2) is 0 Å². The minimum absolute atomic E-state index is 0.0969. The van der Waals surface area contributed by atoms with Crippen molar-refractivity contribution < 1.29 is 22.8 Å². The van der Waals surface area contributed by atoms with Crippen LogP contribution in [-0.4, -0.2) is 60.9 Å². The van der Waals surface area contributed by atoms with E-state index in [4.69, 9.17) is 11.6 Å². The Kier molecular flexibility index (Phi) is 7.05. The van der Waals surface area contributed by atoms with Crippen molar-refractivity contribution in [2.24, 2.45) is 0 Å². The number of carbonyl (C=O) groups excluding carboxylic acids is 2. The van der Waals surface area contributed by atoms with Gasteiger partial charge in [0.2, 0.25) is 11.8 Å². The minimum Gasteiger partial charge on any atom is -0.347 e. The van der Waals surface area contributed by atoms with Crippen molar-refractivity contribution in [2.45, 2.75) is 19.0 Å². The zero-order valence-corrected chi connectivity index (χ0v) is 11.0. The molecule has 0 unspecified atom stereocenters. The number of likely N-dealkylation sites (N-methyl/N-ethyl adjacent to an activating group) is 1. The highest BCUT2D eigenvalue weighted by Crippen LogP contribution is 2.17. The Bertz CT molecular complexity index is 295.